The lowest BCUT2D eigenvalue weighted by Gasteiger charge is -2.11. The van der Waals surface area contributed by atoms with E-state index < -0.39 is 10.0 Å². The maximum absolute atomic E-state index is 12.4. The molecule has 1 atom stereocenters. The van der Waals surface area contributed by atoms with Gasteiger partial charge in [-0.3, -0.25) is 4.72 Å². The van der Waals surface area contributed by atoms with Gasteiger partial charge in [-0.15, -0.1) is 0 Å². The summed E-state index contributed by atoms with van der Waals surface area (Å²) in [6, 6.07) is 9.69. The summed E-state index contributed by atoms with van der Waals surface area (Å²) in [7, 11) is -3.68. The van der Waals surface area contributed by atoms with Crippen LogP contribution in [0.25, 0.3) is 0 Å². The fourth-order valence-electron chi connectivity index (χ4n) is 1.76. The number of hydrogen-bond donors (Lipinski definition) is 2. The Kier molecular flexibility index (Phi) is 4.65. The third kappa shape index (κ3) is 3.81. The molecule has 3 N–H and O–H groups in total. The lowest BCUT2D eigenvalue weighted by molar-refractivity contribution is 0.600. The molecule has 0 spiro atoms. The van der Waals surface area contributed by atoms with Crippen LogP contribution < -0.4 is 10.5 Å². The standard InChI is InChI=1S/C14H16BrN3O2S/c1-9(16)11-4-3-5-12(8-11)21(19,20)18-14-7-6-13(15)10(2)17-14/h3-9H,16H2,1-2H3,(H,17,18). The molecule has 0 amide bonds. The average Bonchev–Trinajstić information content (AvgIpc) is 2.43. The van der Waals surface area contributed by atoms with Crippen LogP contribution in [-0.4, -0.2) is 13.4 Å². The molecule has 1 aromatic heterocycles. The number of nitrogens with one attached hydrogen (secondary N) is 1. The van der Waals surface area contributed by atoms with Gasteiger partial charge in [0.05, 0.1) is 10.6 Å². The van der Waals surface area contributed by atoms with Crippen molar-refractivity contribution in [1.82, 2.24) is 4.98 Å². The van der Waals surface area contributed by atoms with Crippen molar-refractivity contribution in [3.8, 4) is 0 Å². The molecular weight excluding hydrogens is 354 g/mol. The van der Waals surface area contributed by atoms with Crippen LogP contribution in [0.15, 0.2) is 45.8 Å². The van der Waals surface area contributed by atoms with E-state index in [1.807, 2.05) is 0 Å². The number of hydrogen-bond acceptors (Lipinski definition) is 4. The molecule has 0 radical (unpaired) electrons. The number of aryl methyl sites for hydroxylation is 1. The summed E-state index contributed by atoms with van der Waals surface area (Å²) in [5.41, 5.74) is 7.25. The van der Waals surface area contributed by atoms with Gasteiger partial charge in [0.25, 0.3) is 10.0 Å². The van der Waals surface area contributed by atoms with E-state index in [0.29, 0.717) is 5.69 Å². The van der Waals surface area contributed by atoms with Gasteiger partial charge < -0.3 is 5.73 Å². The van der Waals surface area contributed by atoms with Crippen molar-refractivity contribution >= 4 is 31.8 Å². The van der Waals surface area contributed by atoms with Crippen molar-refractivity contribution < 1.29 is 8.42 Å². The highest BCUT2D eigenvalue weighted by Gasteiger charge is 2.16. The van der Waals surface area contributed by atoms with Gasteiger partial charge in [-0.1, -0.05) is 12.1 Å². The Bertz CT molecular complexity index is 761. The second-order valence-corrected chi connectivity index (χ2v) is 7.27. The Hall–Kier alpha value is -1.44. The van der Waals surface area contributed by atoms with Crippen LogP contribution in [0.3, 0.4) is 0 Å². The zero-order valence-electron chi connectivity index (χ0n) is 11.7. The quantitative estimate of drug-likeness (QED) is 0.867. The molecule has 2 rings (SSSR count). The summed E-state index contributed by atoms with van der Waals surface area (Å²) < 4.78 is 28.0. The Balaban J connectivity index is 2.33. The van der Waals surface area contributed by atoms with E-state index in [4.69, 9.17) is 5.73 Å². The van der Waals surface area contributed by atoms with E-state index >= 15 is 0 Å². The molecule has 0 bridgehead atoms. The molecule has 0 fully saturated rings. The third-order valence-corrected chi connectivity index (χ3v) is 5.14. The predicted molar refractivity (Wildman–Crippen MR) is 86.5 cm³/mol. The van der Waals surface area contributed by atoms with E-state index in [1.54, 1.807) is 44.2 Å². The maximum Gasteiger partial charge on any atom is 0.263 e. The Morgan fingerprint density at radius 2 is 2.00 bits per heavy atom. The molecule has 1 heterocycles. The van der Waals surface area contributed by atoms with Crippen molar-refractivity contribution in [2.45, 2.75) is 24.8 Å². The van der Waals surface area contributed by atoms with Crippen LogP contribution in [0.5, 0.6) is 0 Å². The SMILES string of the molecule is Cc1nc(NS(=O)(=O)c2cccc(C(C)N)c2)ccc1Br. The first-order valence-electron chi connectivity index (χ1n) is 6.31. The highest BCUT2D eigenvalue weighted by molar-refractivity contribution is 9.10. The van der Waals surface area contributed by atoms with Gasteiger partial charge in [-0.2, -0.15) is 0 Å². The number of pyridine rings is 1. The van der Waals surface area contributed by atoms with Crippen molar-refractivity contribution in [1.29, 1.82) is 0 Å². The first-order chi connectivity index (χ1) is 9.79. The topological polar surface area (TPSA) is 85.1 Å². The zero-order chi connectivity index (χ0) is 15.6. The summed E-state index contributed by atoms with van der Waals surface area (Å²) in [4.78, 5) is 4.35. The van der Waals surface area contributed by atoms with E-state index in [1.165, 1.54) is 6.07 Å². The highest BCUT2D eigenvalue weighted by Crippen LogP contribution is 2.21. The molecule has 0 aliphatic heterocycles. The molecule has 21 heavy (non-hydrogen) atoms. The summed E-state index contributed by atoms with van der Waals surface area (Å²) in [6.07, 6.45) is 0. The molecule has 0 saturated carbocycles. The van der Waals surface area contributed by atoms with E-state index in [0.717, 1.165) is 10.0 Å². The van der Waals surface area contributed by atoms with Crippen molar-refractivity contribution in [2.24, 2.45) is 5.73 Å². The molecule has 7 heteroatoms. The van der Waals surface area contributed by atoms with Crippen LogP contribution in [0.2, 0.25) is 0 Å². The van der Waals surface area contributed by atoms with Crippen molar-refractivity contribution in [2.75, 3.05) is 4.72 Å². The fraction of sp³-hybridized carbons (Fsp3) is 0.214. The van der Waals surface area contributed by atoms with Gasteiger partial charge in [0, 0.05) is 10.5 Å². The van der Waals surface area contributed by atoms with Crippen LogP contribution in [-0.2, 0) is 10.0 Å². The largest absolute Gasteiger partial charge is 0.324 e. The molecular formula is C14H16BrN3O2S. The third-order valence-electron chi connectivity index (χ3n) is 2.95. The molecule has 1 aromatic carbocycles. The monoisotopic (exact) mass is 369 g/mol. The first kappa shape index (κ1) is 15.9. The van der Waals surface area contributed by atoms with Gasteiger partial charge >= 0.3 is 0 Å². The van der Waals surface area contributed by atoms with Crippen LogP contribution in [0.4, 0.5) is 5.82 Å². The summed E-state index contributed by atoms with van der Waals surface area (Å²) in [6.45, 7) is 3.59. The smallest absolute Gasteiger partial charge is 0.263 e. The lowest BCUT2D eigenvalue weighted by atomic mass is 10.1. The Morgan fingerprint density at radius 1 is 1.29 bits per heavy atom. The second kappa shape index (κ2) is 6.13. The molecule has 1 unspecified atom stereocenters. The van der Waals surface area contributed by atoms with Crippen molar-refractivity contribution in [3.05, 3.63) is 52.1 Å². The van der Waals surface area contributed by atoms with E-state index in [2.05, 4.69) is 25.6 Å². The molecule has 5 nitrogen and oxygen atoms in total. The molecule has 0 aliphatic carbocycles. The van der Waals surface area contributed by atoms with Gasteiger partial charge in [-0.25, -0.2) is 13.4 Å². The summed E-state index contributed by atoms with van der Waals surface area (Å²) >= 11 is 3.33. The van der Waals surface area contributed by atoms with Crippen LogP contribution in [0.1, 0.15) is 24.2 Å². The Morgan fingerprint density at radius 3 is 2.62 bits per heavy atom. The number of nitrogens with two attached hydrogens (primary N) is 1. The van der Waals surface area contributed by atoms with Gasteiger partial charge in [-0.05, 0) is 59.6 Å². The van der Waals surface area contributed by atoms with Gasteiger partial charge in [0.15, 0.2) is 0 Å². The zero-order valence-corrected chi connectivity index (χ0v) is 14.1. The summed E-state index contributed by atoms with van der Waals surface area (Å²) in [5.74, 6) is 0.280. The minimum atomic E-state index is -3.68. The number of halogens is 1. The maximum atomic E-state index is 12.4. The minimum Gasteiger partial charge on any atom is -0.324 e. The normalized spacial score (nSPS) is 13.0. The number of benzene rings is 1. The number of sulfonamides is 1. The Labute approximate surface area is 132 Å². The number of rotatable bonds is 4. The predicted octanol–water partition coefficient (Wildman–Crippen LogP) is 2.97. The van der Waals surface area contributed by atoms with Crippen molar-refractivity contribution in [3.63, 3.8) is 0 Å². The molecule has 112 valence electrons. The minimum absolute atomic E-state index is 0.166. The van der Waals surface area contributed by atoms with Gasteiger partial charge in [0.1, 0.15) is 5.82 Å². The first-order valence-corrected chi connectivity index (χ1v) is 8.59. The summed E-state index contributed by atoms with van der Waals surface area (Å²) in [5, 5.41) is 0. The molecule has 0 saturated heterocycles. The number of anilines is 1. The lowest BCUT2D eigenvalue weighted by Crippen LogP contribution is -2.15. The van der Waals surface area contributed by atoms with E-state index in [-0.39, 0.29) is 16.8 Å². The van der Waals surface area contributed by atoms with Crippen LogP contribution >= 0.6 is 15.9 Å². The highest BCUT2D eigenvalue weighted by atomic mass is 79.9. The van der Waals surface area contributed by atoms with Gasteiger partial charge in [0.2, 0.25) is 0 Å². The number of aromatic nitrogens is 1. The van der Waals surface area contributed by atoms with E-state index in [9.17, 15) is 8.42 Å². The number of nitrogens with zero attached hydrogens (tertiary/aromatic N) is 1. The fourth-order valence-corrected chi connectivity index (χ4v) is 3.04. The average molecular weight is 370 g/mol. The van der Waals surface area contributed by atoms with Crippen LogP contribution in [0, 0.1) is 6.92 Å². The second-order valence-electron chi connectivity index (χ2n) is 4.73. The molecule has 2 aromatic rings. The molecule has 0 aliphatic rings.